The van der Waals surface area contributed by atoms with Crippen molar-refractivity contribution >= 4 is 0 Å². The van der Waals surface area contributed by atoms with Crippen molar-refractivity contribution in [3.05, 3.63) is 41.5 Å². The van der Waals surface area contributed by atoms with Gasteiger partial charge in [-0.2, -0.15) is 0 Å². The Morgan fingerprint density at radius 3 is 2.32 bits per heavy atom. The van der Waals surface area contributed by atoms with Gasteiger partial charge in [0, 0.05) is 11.5 Å². The van der Waals surface area contributed by atoms with Crippen molar-refractivity contribution in [3.8, 4) is 5.75 Å². The van der Waals surface area contributed by atoms with Crippen LogP contribution in [0, 0.1) is 28.1 Å². The van der Waals surface area contributed by atoms with Crippen LogP contribution in [0.15, 0.2) is 35.9 Å². The zero-order valence-electron chi connectivity index (χ0n) is 23.6. The molecule has 1 unspecified atom stereocenters. The van der Waals surface area contributed by atoms with Crippen molar-refractivity contribution in [2.45, 2.75) is 103 Å². The van der Waals surface area contributed by atoms with E-state index in [0.717, 1.165) is 44.3 Å². The minimum absolute atomic E-state index is 0.0681. The summed E-state index contributed by atoms with van der Waals surface area (Å²) in [6.07, 6.45) is 11.8. The summed E-state index contributed by atoms with van der Waals surface area (Å²) in [4.78, 5) is 0. The van der Waals surface area contributed by atoms with E-state index in [9.17, 15) is 0 Å². The van der Waals surface area contributed by atoms with E-state index in [-0.39, 0.29) is 27.9 Å². The first-order valence-electron chi connectivity index (χ1n) is 14.6. The summed E-state index contributed by atoms with van der Waals surface area (Å²) < 4.78 is 24.2. The summed E-state index contributed by atoms with van der Waals surface area (Å²) in [5.41, 5.74) is 10.7. The Labute approximate surface area is 223 Å². The van der Waals surface area contributed by atoms with E-state index < -0.39 is 5.79 Å². The van der Waals surface area contributed by atoms with Crippen molar-refractivity contribution in [1.29, 1.82) is 0 Å². The molecule has 1 saturated heterocycles. The Morgan fingerprint density at radius 2 is 1.62 bits per heavy atom. The van der Waals surface area contributed by atoms with Crippen molar-refractivity contribution in [1.82, 2.24) is 0 Å². The number of benzene rings is 1. The Balaban J connectivity index is 1.21. The van der Waals surface area contributed by atoms with Crippen LogP contribution in [0.1, 0.15) is 84.6 Å². The van der Waals surface area contributed by atoms with Crippen molar-refractivity contribution in [2.75, 3.05) is 20.3 Å². The SMILES string of the molecule is COc1ccc(CO[C@H]2CC[C@@]3(C)C(=CC[C@]4(N)C3CC[C@]3(C)[C@@H](C5(C)OCCO5)CC[C@@]43C)C2)cc1. The third kappa shape index (κ3) is 3.63. The van der Waals surface area contributed by atoms with Gasteiger partial charge in [0.25, 0.3) is 0 Å². The van der Waals surface area contributed by atoms with Gasteiger partial charge in [-0.1, -0.05) is 44.6 Å². The van der Waals surface area contributed by atoms with Crippen molar-refractivity contribution in [2.24, 2.45) is 33.8 Å². The molecule has 0 amide bonds. The normalized spacial score (nSPS) is 44.5. The third-order valence-corrected chi connectivity index (χ3v) is 12.3. The lowest BCUT2D eigenvalue weighted by Crippen LogP contribution is -2.71. The maximum absolute atomic E-state index is 7.69. The predicted octanol–water partition coefficient (Wildman–Crippen LogP) is 6.39. The van der Waals surface area contributed by atoms with E-state index in [0.29, 0.717) is 31.7 Å². The Bertz CT molecular complexity index is 1050. The van der Waals surface area contributed by atoms with Gasteiger partial charge in [-0.05, 0) is 98.1 Å². The molecule has 2 N–H and O–H groups in total. The lowest BCUT2D eigenvalue weighted by atomic mass is 9.39. The largest absolute Gasteiger partial charge is 0.497 e. The number of hydrogen-bond acceptors (Lipinski definition) is 5. The van der Waals surface area contributed by atoms with Crippen LogP contribution in [0.2, 0.25) is 0 Å². The maximum Gasteiger partial charge on any atom is 0.169 e. The van der Waals surface area contributed by atoms with Crippen molar-refractivity contribution in [3.63, 3.8) is 0 Å². The van der Waals surface area contributed by atoms with Gasteiger partial charge in [0.2, 0.25) is 0 Å². The molecular weight excluding hydrogens is 462 g/mol. The standard InChI is InChI=1S/C32H47NO4/c1-28-14-11-25(35-21-22-6-8-24(34-5)9-7-22)20-23(28)10-17-32(33)26(28)12-15-29(2)27(13-16-30(29,32)3)31(4)36-18-19-37-31/h6-10,25-27H,11-21,33H2,1-5H3/t25-,26?,27-,28-,29+,30+,32-/m0/s1. The zero-order chi connectivity index (χ0) is 26.1. The number of methoxy groups -OCH3 is 1. The van der Waals surface area contributed by atoms with E-state index in [1.54, 1.807) is 12.7 Å². The second-order valence-electron chi connectivity index (χ2n) is 13.6. The van der Waals surface area contributed by atoms with Crippen molar-refractivity contribution < 1.29 is 18.9 Å². The summed E-state index contributed by atoms with van der Waals surface area (Å²) in [6, 6.07) is 8.23. The Hall–Kier alpha value is -1.40. The predicted molar refractivity (Wildman–Crippen MR) is 145 cm³/mol. The molecule has 0 spiro atoms. The highest BCUT2D eigenvalue weighted by molar-refractivity contribution is 5.33. The number of ether oxygens (including phenoxy) is 4. The van der Waals surface area contributed by atoms with Crippen LogP contribution in [0.4, 0.5) is 0 Å². The molecule has 0 aromatic heterocycles. The number of nitrogens with two attached hydrogens (primary N) is 1. The molecule has 1 aromatic rings. The van der Waals surface area contributed by atoms with Gasteiger partial charge in [0.15, 0.2) is 5.79 Å². The highest BCUT2D eigenvalue weighted by Gasteiger charge is 2.72. The fourth-order valence-electron chi connectivity index (χ4n) is 9.84. The summed E-state index contributed by atoms with van der Waals surface area (Å²) in [7, 11) is 1.70. The molecule has 5 nitrogen and oxygen atoms in total. The Morgan fingerprint density at radius 1 is 0.919 bits per heavy atom. The Kier molecular flexibility index (Phi) is 6.15. The van der Waals surface area contributed by atoms with Crippen LogP contribution in [0.3, 0.4) is 0 Å². The number of hydrogen-bond donors (Lipinski definition) is 1. The molecule has 5 heteroatoms. The molecule has 4 fully saturated rings. The molecule has 4 aliphatic carbocycles. The first kappa shape index (κ1) is 25.9. The number of fused-ring (bicyclic) bond motifs is 5. The van der Waals surface area contributed by atoms with Crippen LogP contribution >= 0.6 is 0 Å². The highest BCUT2D eigenvalue weighted by atomic mass is 16.7. The van der Waals surface area contributed by atoms with Gasteiger partial charge in [-0.15, -0.1) is 0 Å². The van der Waals surface area contributed by atoms with Crippen LogP contribution in [-0.2, 0) is 20.8 Å². The summed E-state index contributed by atoms with van der Waals surface area (Å²) >= 11 is 0. The summed E-state index contributed by atoms with van der Waals surface area (Å²) in [6.45, 7) is 11.8. The molecule has 204 valence electrons. The molecule has 1 aromatic carbocycles. The summed E-state index contributed by atoms with van der Waals surface area (Å²) in [5, 5.41) is 0. The monoisotopic (exact) mass is 509 g/mol. The second-order valence-corrected chi connectivity index (χ2v) is 13.6. The molecule has 37 heavy (non-hydrogen) atoms. The first-order valence-corrected chi connectivity index (χ1v) is 14.6. The summed E-state index contributed by atoms with van der Waals surface area (Å²) in [5.74, 6) is 1.33. The fraction of sp³-hybridized carbons (Fsp3) is 0.750. The second kappa shape index (κ2) is 8.81. The topological polar surface area (TPSA) is 62.9 Å². The van der Waals surface area contributed by atoms with E-state index in [4.69, 9.17) is 24.7 Å². The van der Waals surface area contributed by atoms with Gasteiger partial charge in [-0.3, -0.25) is 0 Å². The molecule has 0 radical (unpaired) electrons. The molecule has 1 aliphatic heterocycles. The first-order chi connectivity index (χ1) is 17.6. The smallest absolute Gasteiger partial charge is 0.169 e. The molecule has 7 atom stereocenters. The maximum atomic E-state index is 7.69. The fourth-order valence-corrected chi connectivity index (χ4v) is 9.84. The molecule has 3 saturated carbocycles. The van der Waals surface area contributed by atoms with E-state index in [1.807, 2.05) is 12.1 Å². The quantitative estimate of drug-likeness (QED) is 0.466. The van der Waals surface area contributed by atoms with E-state index in [2.05, 4.69) is 45.9 Å². The van der Waals surface area contributed by atoms with Crippen LogP contribution in [-0.4, -0.2) is 37.8 Å². The van der Waals surface area contributed by atoms with Gasteiger partial charge >= 0.3 is 0 Å². The lowest BCUT2D eigenvalue weighted by Gasteiger charge is -2.68. The lowest BCUT2D eigenvalue weighted by molar-refractivity contribution is -0.228. The zero-order valence-corrected chi connectivity index (χ0v) is 23.6. The molecule has 0 bridgehead atoms. The number of rotatable bonds is 5. The minimum atomic E-state index is -0.464. The van der Waals surface area contributed by atoms with E-state index >= 15 is 0 Å². The minimum Gasteiger partial charge on any atom is -0.497 e. The van der Waals surface area contributed by atoms with Crippen LogP contribution < -0.4 is 10.5 Å². The van der Waals surface area contributed by atoms with Crippen LogP contribution in [0.5, 0.6) is 5.75 Å². The third-order valence-electron chi connectivity index (χ3n) is 12.3. The molecule has 1 heterocycles. The molecule has 6 rings (SSSR count). The van der Waals surface area contributed by atoms with Gasteiger partial charge in [0.05, 0.1) is 33.0 Å². The van der Waals surface area contributed by atoms with Gasteiger partial charge < -0.3 is 24.7 Å². The molecular formula is C32H47NO4. The highest BCUT2D eigenvalue weighted by Crippen LogP contribution is 2.74. The average molecular weight is 510 g/mol. The molecule has 5 aliphatic rings. The van der Waals surface area contributed by atoms with Gasteiger partial charge in [0.1, 0.15) is 5.75 Å². The average Bonchev–Trinajstić information content (AvgIpc) is 3.45. The van der Waals surface area contributed by atoms with E-state index in [1.165, 1.54) is 18.4 Å². The van der Waals surface area contributed by atoms with Crippen LogP contribution in [0.25, 0.3) is 0 Å². The van der Waals surface area contributed by atoms with Gasteiger partial charge in [-0.25, -0.2) is 0 Å².